The lowest BCUT2D eigenvalue weighted by Crippen LogP contribution is -2.19. The SMILES string of the molecule is Cc1nc(NCc2ccccc2F)nc(N[C@H]2CC[C@@H](CO)C2)c1-c1nc2ccccc2s1. The summed E-state index contributed by atoms with van der Waals surface area (Å²) in [4.78, 5) is 14.3. The minimum atomic E-state index is -0.257. The van der Waals surface area contributed by atoms with Crippen molar-refractivity contribution in [2.24, 2.45) is 5.92 Å². The first-order chi connectivity index (χ1) is 16.1. The molecule has 4 aromatic rings. The smallest absolute Gasteiger partial charge is 0.225 e. The Morgan fingerprint density at radius 2 is 1.88 bits per heavy atom. The van der Waals surface area contributed by atoms with Crippen molar-refractivity contribution < 1.29 is 9.50 Å². The van der Waals surface area contributed by atoms with Crippen LogP contribution in [0.3, 0.4) is 0 Å². The van der Waals surface area contributed by atoms with Crippen LogP contribution < -0.4 is 10.6 Å². The van der Waals surface area contributed by atoms with Crippen LogP contribution in [-0.4, -0.2) is 32.7 Å². The van der Waals surface area contributed by atoms with Gasteiger partial charge < -0.3 is 15.7 Å². The van der Waals surface area contributed by atoms with E-state index in [2.05, 4.69) is 21.7 Å². The molecule has 1 aliphatic carbocycles. The van der Waals surface area contributed by atoms with E-state index in [1.165, 1.54) is 6.07 Å². The normalized spacial score (nSPS) is 18.0. The van der Waals surface area contributed by atoms with Gasteiger partial charge in [0, 0.05) is 24.8 Å². The average molecular weight is 464 g/mol. The molecule has 1 saturated carbocycles. The van der Waals surface area contributed by atoms with Crippen molar-refractivity contribution in [3.8, 4) is 10.6 Å². The number of aliphatic hydroxyl groups excluding tert-OH is 1. The maximum atomic E-state index is 14.1. The van der Waals surface area contributed by atoms with Crippen LogP contribution in [0.5, 0.6) is 0 Å². The van der Waals surface area contributed by atoms with E-state index in [-0.39, 0.29) is 18.5 Å². The Balaban J connectivity index is 1.49. The van der Waals surface area contributed by atoms with Crippen molar-refractivity contribution in [1.29, 1.82) is 0 Å². The molecule has 5 rings (SSSR count). The monoisotopic (exact) mass is 463 g/mol. The third-order valence-electron chi connectivity index (χ3n) is 6.13. The molecule has 1 aliphatic rings. The Bertz CT molecular complexity index is 1240. The number of thiazole rings is 1. The van der Waals surface area contributed by atoms with Crippen molar-refractivity contribution in [2.75, 3.05) is 17.2 Å². The van der Waals surface area contributed by atoms with E-state index >= 15 is 0 Å². The van der Waals surface area contributed by atoms with Gasteiger partial charge in [-0.1, -0.05) is 30.3 Å². The van der Waals surface area contributed by atoms with E-state index in [1.54, 1.807) is 23.5 Å². The van der Waals surface area contributed by atoms with E-state index in [1.807, 2.05) is 31.2 Å². The number of hydrogen-bond donors (Lipinski definition) is 3. The van der Waals surface area contributed by atoms with Gasteiger partial charge in [-0.2, -0.15) is 4.98 Å². The lowest BCUT2D eigenvalue weighted by atomic mass is 10.1. The predicted molar refractivity (Wildman–Crippen MR) is 131 cm³/mol. The van der Waals surface area contributed by atoms with Crippen molar-refractivity contribution in [2.45, 2.75) is 38.8 Å². The van der Waals surface area contributed by atoms with Gasteiger partial charge in [0.15, 0.2) is 0 Å². The number of aromatic nitrogens is 3. The average Bonchev–Trinajstić information content (AvgIpc) is 3.45. The molecule has 0 bridgehead atoms. The maximum Gasteiger partial charge on any atom is 0.225 e. The molecule has 0 amide bonds. The van der Waals surface area contributed by atoms with Crippen LogP contribution in [-0.2, 0) is 6.54 Å². The maximum absolute atomic E-state index is 14.1. The largest absolute Gasteiger partial charge is 0.396 e. The van der Waals surface area contributed by atoms with Gasteiger partial charge in [-0.3, -0.25) is 0 Å². The number of anilines is 2. The van der Waals surface area contributed by atoms with E-state index in [0.29, 0.717) is 24.0 Å². The van der Waals surface area contributed by atoms with E-state index in [4.69, 9.17) is 9.97 Å². The third-order valence-corrected chi connectivity index (χ3v) is 7.19. The van der Waals surface area contributed by atoms with Crippen LogP contribution in [0.4, 0.5) is 16.2 Å². The summed E-state index contributed by atoms with van der Waals surface area (Å²) in [7, 11) is 0. The number of rotatable bonds is 7. The molecular weight excluding hydrogens is 437 g/mol. The number of para-hydroxylation sites is 1. The van der Waals surface area contributed by atoms with Crippen LogP contribution in [0, 0.1) is 18.7 Å². The topological polar surface area (TPSA) is 83.0 Å². The van der Waals surface area contributed by atoms with Crippen LogP contribution in [0.1, 0.15) is 30.5 Å². The zero-order chi connectivity index (χ0) is 22.8. The molecule has 2 aromatic carbocycles. The summed E-state index contributed by atoms with van der Waals surface area (Å²) in [5.41, 5.74) is 3.20. The Morgan fingerprint density at radius 1 is 1.06 bits per heavy atom. The summed E-state index contributed by atoms with van der Waals surface area (Å²) in [5, 5.41) is 17.2. The van der Waals surface area contributed by atoms with Crippen molar-refractivity contribution in [3.63, 3.8) is 0 Å². The fourth-order valence-corrected chi connectivity index (χ4v) is 5.44. The first kappa shape index (κ1) is 21.7. The Morgan fingerprint density at radius 3 is 2.67 bits per heavy atom. The molecule has 2 aromatic heterocycles. The van der Waals surface area contributed by atoms with Crippen LogP contribution in [0.2, 0.25) is 0 Å². The lowest BCUT2D eigenvalue weighted by Gasteiger charge is -2.18. The number of nitrogens with zero attached hydrogens (tertiary/aromatic N) is 3. The standard InChI is InChI=1S/C25H26FN5OS/c1-15-22(24-30-20-8-4-5-9-21(20)33-24)23(29-18-11-10-16(12-18)14-32)31-25(28-15)27-13-17-6-2-3-7-19(17)26/h2-9,16,18,32H,10-14H2,1H3,(H2,27,28,29,31)/t16-,18+/m1/s1. The molecule has 2 heterocycles. The highest BCUT2D eigenvalue weighted by Crippen LogP contribution is 2.37. The molecule has 0 saturated heterocycles. The van der Waals surface area contributed by atoms with Crippen molar-refractivity contribution in [1.82, 2.24) is 15.0 Å². The zero-order valence-corrected chi connectivity index (χ0v) is 19.2. The second-order valence-electron chi connectivity index (χ2n) is 8.49. The molecule has 0 unspecified atom stereocenters. The summed E-state index contributed by atoms with van der Waals surface area (Å²) >= 11 is 1.62. The van der Waals surface area contributed by atoms with Gasteiger partial charge in [-0.15, -0.1) is 11.3 Å². The van der Waals surface area contributed by atoms with Crippen LogP contribution >= 0.6 is 11.3 Å². The summed E-state index contributed by atoms with van der Waals surface area (Å²) < 4.78 is 15.2. The number of halogens is 1. The second kappa shape index (κ2) is 9.41. The summed E-state index contributed by atoms with van der Waals surface area (Å²) in [6, 6.07) is 15.0. The highest BCUT2D eigenvalue weighted by molar-refractivity contribution is 7.21. The molecule has 0 spiro atoms. The quantitative estimate of drug-likeness (QED) is 0.341. The predicted octanol–water partition coefficient (Wildman–Crippen LogP) is 5.39. The van der Waals surface area contributed by atoms with E-state index < -0.39 is 0 Å². The number of nitrogens with one attached hydrogen (secondary N) is 2. The second-order valence-corrected chi connectivity index (χ2v) is 9.52. The number of hydrogen-bond acceptors (Lipinski definition) is 7. The molecule has 2 atom stereocenters. The Kier molecular flexibility index (Phi) is 6.20. The van der Waals surface area contributed by atoms with Gasteiger partial charge in [0.25, 0.3) is 0 Å². The summed E-state index contributed by atoms with van der Waals surface area (Å²) in [6.07, 6.45) is 2.87. The molecule has 6 nitrogen and oxygen atoms in total. The van der Waals surface area contributed by atoms with Gasteiger partial charge >= 0.3 is 0 Å². The minimum absolute atomic E-state index is 0.209. The molecule has 33 heavy (non-hydrogen) atoms. The Hall–Kier alpha value is -3.10. The molecular formula is C25H26FN5OS. The van der Waals surface area contributed by atoms with Gasteiger partial charge in [0.1, 0.15) is 16.6 Å². The third kappa shape index (κ3) is 4.67. The number of aryl methyl sites for hydroxylation is 1. The highest BCUT2D eigenvalue weighted by atomic mass is 32.1. The fourth-order valence-electron chi connectivity index (χ4n) is 4.37. The first-order valence-electron chi connectivity index (χ1n) is 11.2. The number of benzene rings is 2. The summed E-state index contributed by atoms with van der Waals surface area (Å²) in [5.74, 6) is 1.23. The van der Waals surface area contributed by atoms with E-state index in [0.717, 1.165) is 51.6 Å². The fraction of sp³-hybridized carbons (Fsp3) is 0.320. The van der Waals surface area contributed by atoms with Gasteiger partial charge in [0.2, 0.25) is 5.95 Å². The lowest BCUT2D eigenvalue weighted by molar-refractivity contribution is 0.229. The molecule has 3 N–H and O–H groups in total. The molecule has 0 aliphatic heterocycles. The molecule has 0 radical (unpaired) electrons. The van der Waals surface area contributed by atoms with Crippen LogP contribution in [0.25, 0.3) is 20.8 Å². The molecule has 170 valence electrons. The molecule has 1 fully saturated rings. The van der Waals surface area contributed by atoms with Crippen molar-refractivity contribution in [3.05, 3.63) is 65.6 Å². The Labute approximate surface area is 195 Å². The van der Waals surface area contributed by atoms with Gasteiger partial charge in [-0.25, -0.2) is 14.4 Å². The zero-order valence-electron chi connectivity index (χ0n) is 18.4. The summed E-state index contributed by atoms with van der Waals surface area (Å²) in [6.45, 7) is 2.46. The molecule has 8 heteroatoms. The number of fused-ring (bicyclic) bond motifs is 1. The van der Waals surface area contributed by atoms with Gasteiger partial charge in [-0.05, 0) is 50.3 Å². The number of aliphatic hydroxyl groups is 1. The minimum Gasteiger partial charge on any atom is -0.396 e. The van der Waals surface area contributed by atoms with E-state index in [9.17, 15) is 9.50 Å². The van der Waals surface area contributed by atoms with Crippen LogP contribution in [0.15, 0.2) is 48.5 Å². The van der Waals surface area contributed by atoms with Gasteiger partial charge in [0.05, 0.1) is 21.5 Å². The first-order valence-corrected chi connectivity index (χ1v) is 12.0. The van der Waals surface area contributed by atoms with Crippen molar-refractivity contribution >= 4 is 33.3 Å². The highest BCUT2D eigenvalue weighted by Gasteiger charge is 2.26.